The lowest BCUT2D eigenvalue weighted by atomic mass is 10.1. The normalized spacial score (nSPS) is 15.7. The van der Waals surface area contributed by atoms with Crippen molar-refractivity contribution in [1.29, 1.82) is 0 Å². The van der Waals surface area contributed by atoms with Crippen LogP contribution in [0, 0.1) is 5.82 Å². The number of primary sulfonamides is 1. The number of hydrogen-bond donors (Lipinski definition) is 1. The molecule has 0 bridgehead atoms. The van der Waals surface area contributed by atoms with E-state index in [1.54, 1.807) is 29.2 Å². The maximum Gasteiger partial charge on any atom is 0.254 e. The van der Waals surface area contributed by atoms with Gasteiger partial charge in [-0.05, 0) is 42.3 Å². The van der Waals surface area contributed by atoms with Crippen molar-refractivity contribution < 1.29 is 17.6 Å². The third-order valence-electron chi connectivity index (χ3n) is 4.70. The summed E-state index contributed by atoms with van der Waals surface area (Å²) in [4.78, 5) is 16.5. The Morgan fingerprint density at radius 1 is 1.04 bits per heavy atom. The second-order valence-corrected chi connectivity index (χ2v) is 8.14. The Hall–Kier alpha value is -2.29. The number of nitrogens with two attached hydrogens (primary N) is 1. The minimum Gasteiger partial charge on any atom is -0.336 e. The van der Waals surface area contributed by atoms with Gasteiger partial charge in [-0.3, -0.25) is 9.69 Å². The first-order valence-electron chi connectivity index (χ1n) is 8.72. The van der Waals surface area contributed by atoms with Crippen LogP contribution in [0.3, 0.4) is 0 Å². The quantitative estimate of drug-likeness (QED) is 0.837. The fourth-order valence-electron chi connectivity index (χ4n) is 3.11. The summed E-state index contributed by atoms with van der Waals surface area (Å²) in [5, 5.41) is 5.10. The Kier molecular flexibility index (Phi) is 5.88. The van der Waals surface area contributed by atoms with Crippen LogP contribution in [0.25, 0.3) is 0 Å². The molecule has 3 rings (SSSR count). The average molecular weight is 391 g/mol. The maximum atomic E-state index is 13.3. The van der Waals surface area contributed by atoms with E-state index >= 15 is 0 Å². The number of benzene rings is 2. The lowest BCUT2D eigenvalue weighted by Gasteiger charge is -2.34. The van der Waals surface area contributed by atoms with Gasteiger partial charge in [0.2, 0.25) is 10.0 Å². The van der Waals surface area contributed by atoms with E-state index in [9.17, 15) is 17.6 Å². The van der Waals surface area contributed by atoms with Crippen LogP contribution in [0.2, 0.25) is 0 Å². The molecule has 0 unspecified atom stereocenters. The molecule has 1 fully saturated rings. The highest BCUT2D eigenvalue weighted by Gasteiger charge is 2.22. The Bertz CT molecular complexity index is 908. The highest BCUT2D eigenvalue weighted by molar-refractivity contribution is 7.89. The molecule has 2 N–H and O–H groups in total. The van der Waals surface area contributed by atoms with E-state index in [-0.39, 0.29) is 10.8 Å². The minimum absolute atomic E-state index is 0.107. The summed E-state index contributed by atoms with van der Waals surface area (Å²) in [6.07, 6.45) is 0.780. The van der Waals surface area contributed by atoms with Crippen molar-refractivity contribution in [3.63, 3.8) is 0 Å². The maximum absolute atomic E-state index is 13.3. The second kappa shape index (κ2) is 8.16. The predicted molar refractivity (Wildman–Crippen MR) is 100 cm³/mol. The van der Waals surface area contributed by atoms with Gasteiger partial charge in [-0.2, -0.15) is 0 Å². The Balaban J connectivity index is 1.49. The van der Waals surface area contributed by atoms with Gasteiger partial charge in [-0.1, -0.05) is 18.2 Å². The molecule has 1 aliphatic rings. The van der Waals surface area contributed by atoms with Crippen molar-refractivity contribution in [2.24, 2.45) is 5.14 Å². The fourth-order valence-corrected chi connectivity index (χ4v) is 3.63. The highest BCUT2D eigenvalue weighted by Crippen LogP contribution is 2.12. The van der Waals surface area contributed by atoms with Crippen molar-refractivity contribution in [2.75, 3.05) is 32.7 Å². The summed E-state index contributed by atoms with van der Waals surface area (Å²) in [5.74, 6) is -0.555. The smallest absolute Gasteiger partial charge is 0.254 e. The van der Waals surface area contributed by atoms with Crippen molar-refractivity contribution >= 4 is 15.9 Å². The van der Waals surface area contributed by atoms with Crippen LogP contribution in [0.5, 0.6) is 0 Å². The van der Waals surface area contributed by atoms with Crippen LogP contribution < -0.4 is 5.14 Å². The van der Waals surface area contributed by atoms with Gasteiger partial charge in [0.05, 0.1) is 4.90 Å². The van der Waals surface area contributed by atoms with Gasteiger partial charge in [0.15, 0.2) is 0 Å². The predicted octanol–water partition coefficient (Wildman–Crippen LogP) is 1.47. The third-order valence-corrected chi connectivity index (χ3v) is 5.63. The molecule has 1 amide bonds. The van der Waals surface area contributed by atoms with E-state index in [4.69, 9.17) is 5.14 Å². The highest BCUT2D eigenvalue weighted by atomic mass is 32.2. The van der Waals surface area contributed by atoms with Crippen molar-refractivity contribution in [3.8, 4) is 0 Å². The molecule has 8 heteroatoms. The largest absolute Gasteiger partial charge is 0.336 e. The molecule has 2 aromatic carbocycles. The van der Waals surface area contributed by atoms with Crippen LogP contribution in [0.15, 0.2) is 53.4 Å². The first-order valence-corrected chi connectivity index (χ1v) is 10.3. The minimum atomic E-state index is -3.67. The van der Waals surface area contributed by atoms with E-state index in [1.165, 1.54) is 24.3 Å². The molecule has 0 spiro atoms. The molecule has 0 saturated carbocycles. The summed E-state index contributed by atoms with van der Waals surface area (Å²) >= 11 is 0. The molecule has 0 radical (unpaired) electrons. The number of nitrogens with zero attached hydrogens (tertiary/aromatic N) is 2. The number of carbonyl (C=O) groups is 1. The average Bonchev–Trinajstić information content (AvgIpc) is 2.66. The monoisotopic (exact) mass is 391 g/mol. The second-order valence-electron chi connectivity index (χ2n) is 6.58. The van der Waals surface area contributed by atoms with Crippen LogP contribution in [-0.2, 0) is 16.4 Å². The summed E-state index contributed by atoms with van der Waals surface area (Å²) < 4.78 is 35.8. The zero-order chi connectivity index (χ0) is 19.4. The van der Waals surface area contributed by atoms with Crippen molar-refractivity contribution in [3.05, 3.63) is 65.5 Å². The molecule has 1 saturated heterocycles. The lowest BCUT2D eigenvalue weighted by Crippen LogP contribution is -2.49. The van der Waals surface area contributed by atoms with Gasteiger partial charge >= 0.3 is 0 Å². The number of amides is 1. The molecule has 0 atom stereocenters. The van der Waals surface area contributed by atoms with Crippen LogP contribution in [0.4, 0.5) is 4.39 Å². The zero-order valence-electron chi connectivity index (χ0n) is 14.8. The van der Waals surface area contributed by atoms with Crippen molar-refractivity contribution in [1.82, 2.24) is 9.80 Å². The molecule has 0 aliphatic carbocycles. The molecule has 0 aromatic heterocycles. The van der Waals surface area contributed by atoms with E-state index in [2.05, 4.69) is 4.90 Å². The van der Waals surface area contributed by atoms with Gasteiger partial charge in [0.1, 0.15) is 5.82 Å². The Labute approximate surface area is 158 Å². The molecule has 6 nitrogen and oxygen atoms in total. The van der Waals surface area contributed by atoms with Gasteiger partial charge < -0.3 is 4.90 Å². The first-order chi connectivity index (χ1) is 12.8. The van der Waals surface area contributed by atoms with E-state index in [0.717, 1.165) is 31.6 Å². The molecule has 1 heterocycles. The van der Waals surface area contributed by atoms with Gasteiger partial charge in [-0.15, -0.1) is 0 Å². The number of halogens is 1. The van der Waals surface area contributed by atoms with E-state index in [1.807, 2.05) is 0 Å². The summed E-state index contributed by atoms with van der Waals surface area (Å²) in [5.41, 5.74) is 1.40. The Morgan fingerprint density at radius 3 is 2.30 bits per heavy atom. The number of sulfonamides is 1. The van der Waals surface area contributed by atoms with E-state index < -0.39 is 15.8 Å². The third kappa shape index (κ3) is 5.12. The number of piperazine rings is 1. The Morgan fingerprint density at radius 2 is 1.70 bits per heavy atom. The molecule has 1 aliphatic heterocycles. The van der Waals surface area contributed by atoms with Gasteiger partial charge in [0, 0.05) is 38.3 Å². The van der Waals surface area contributed by atoms with Crippen LogP contribution in [0.1, 0.15) is 15.9 Å². The SMILES string of the molecule is NS(=O)(=O)c1ccc(CCN2CCN(C(=O)c3cccc(F)c3)CC2)cc1. The lowest BCUT2D eigenvalue weighted by molar-refractivity contribution is 0.0638. The summed E-state index contributed by atoms with van der Waals surface area (Å²) in [6.45, 7) is 3.50. The number of rotatable bonds is 5. The molecular formula is C19H22FN3O3S. The number of carbonyl (C=O) groups excluding carboxylic acids is 1. The number of hydrogen-bond acceptors (Lipinski definition) is 4. The van der Waals surface area contributed by atoms with Gasteiger partial charge in [0.25, 0.3) is 5.91 Å². The molecule has 2 aromatic rings. The first kappa shape index (κ1) is 19.5. The molecular weight excluding hydrogens is 369 g/mol. The van der Waals surface area contributed by atoms with Crippen LogP contribution in [-0.4, -0.2) is 56.8 Å². The molecule has 27 heavy (non-hydrogen) atoms. The molecule has 144 valence electrons. The van der Waals surface area contributed by atoms with Crippen LogP contribution >= 0.6 is 0 Å². The van der Waals surface area contributed by atoms with Gasteiger partial charge in [-0.25, -0.2) is 17.9 Å². The van der Waals surface area contributed by atoms with E-state index in [0.29, 0.717) is 18.7 Å². The summed E-state index contributed by atoms with van der Waals surface area (Å²) in [6, 6.07) is 12.3. The fraction of sp³-hybridized carbons (Fsp3) is 0.316. The summed E-state index contributed by atoms with van der Waals surface area (Å²) in [7, 11) is -3.67. The standard InChI is InChI=1S/C19H22FN3O3S/c20-17-3-1-2-16(14-17)19(24)23-12-10-22(11-13-23)9-8-15-4-6-18(7-5-15)27(21,25)26/h1-7,14H,8-13H2,(H2,21,25,26). The topological polar surface area (TPSA) is 83.7 Å². The van der Waals surface area contributed by atoms with Crippen molar-refractivity contribution in [2.45, 2.75) is 11.3 Å². The zero-order valence-corrected chi connectivity index (χ0v) is 15.7.